The number of nitrogens with one attached hydrogen (secondary N) is 1. The highest BCUT2D eigenvalue weighted by molar-refractivity contribution is 5.82. The lowest BCUT2D eigenvalue weighted by Gasteiger charge is -2.07. The molecular formula is C25H25N5O4. The largest absolute Gasteiger partial charge is 0.497 e. The first-order valence-corrected chi connectivity index (χ1v) is 10.7. The molecule has 0 spiro atoms. The first-order valence-electron chi connectivity index (χ1n) is 10.7. The lowest BCUT2D eigenvalue weighted by Crippen LogP contribution is -2.08. The molecule has 4 aromatic rings. The second-order valence-electron chi connectivity index (χ2n) is 7.59. The summed E-state index contributed by atoms with van der Waals surface area (Å²) in [6.07, 6.45) is 3.68. The second-order valence-corrected chi connectivity index (χ2v) is 7.59. The van der Waals surface area contributed by atoms with E-state index in [2.05, 4.69) is 10.3 Å². The minimum absolute atomic E-state index is 0.0183. The molecule has 0 radical (unpaired) electrons. The summed E-state index contributed by atoms with van der Waals surface area (Å²) in [6, 6.07) is 18.1. The molecule has 0 aliphatic heterocycles. The van der Waals surface area contributed by atoms with Gasteiger partial charge in [-0.25, -0.2) is 4.98 Å². The van der Waals surface area contributed by atoms with Crippen LogP contribution in [0.25, 0.3) is 22.4 Å². The number of hydrogen-bond donors (Lipinski definition) is 1. The van der Waals surface area contributed by atoms with Gasteiger partial charge in [0, 0.05) is 49.3 Å². The summed E-state index contributed by atoms with van der Waals surface area (Å²) in [5, 5.41) is 19.4. The van der Waals surface area contributed by atoms with Crippen LogP contribution >= 0.6 is 0 Å². The average Bonchev–Trinajstić information content (AvgIpc) is 3.29. The van der Waals surface area contributed by atoms with Crippen LogP contribution in [0.15, 0.2) is 73.1 Å². The molecule has 0 amide bonds. The number of aromatic nitrogens is 3. The minimum Gasteiger partial charge on any atom is -0.497 e. The van der Waals surface area contributed by atoms with Gasteiger partial charge in [0.25, 0.3) is 5.69 Å². The van der Waals surface area contributed by atoms with E-state index in [1.54, 1.807) is 32.5 Å². The summed E-state index contributed by atoms with van der Waals surface area (Å²) in [5.41, 5.74) is 4.15. The van der Waals surface area contributed by atoms with Crippen molar-refractivity contribution in [2.75, 3.05) is 32.7 Å². The Balaban J connectivity index is 1.73. The summed E-state index contributed by atoms with van der Waals surface area (Å²) < 4.78 is 12.2. The number of rotatable bonds is 10. The van der Waals surface area contributed by atoms with E-state index in [1.165, 1.54) is 6.07 Å². The maximum Gasteiger partial charge on any atom is 0.270 e. The molecular weight excluding hydrogens is 434 g/mol. The lowest BCUT2D eigenvalue weighted by molar-refractivity contribution is -0.384. The summed E-state index contributed by atoms with van der Waals surface area (Å²) in [5.74, 6) is 1.50. The van der Waals surface area contributed by atoms with Crippen molar-refractivity contribution in [1.82, 2.24) is 14.8 Å². The first-order chi connectivity index (χ1) is 16.6. The van der Waals surface area contributed by atoms with E-state index >= 15 is 0 Å². The molecule has 2 aromatic heterocycles. The Labute approximate surface area is 197 Å². The van der Waals surface area contributed by atoms with E-state index in [-0.39, 0.29) is 5.69 Å². The summed E-state index contributed by atoms with van der Waals surface area (Å²) in [7, 11) is 3.28. The fraction of sp³-hybridized carbons (Fsp3) is 0.200. The molecule has 0 saturated carbocycles. The molecule has 0 bridgehead atoms. The van der Waals surface area contributed by atoms with Crippen LogP contribution in [0.3, 0.4) is 0 Å². The van der Waals surface area contributed by atoms with Gasteiger partial charge >= 0.3 is 0 Å². The predicted molar refractivity (Wildman–Crippen MR) is 130 cm³/mol. The molecule has 2 aromatic carbocycles. The molecule has 34 heavy (non-hydrogen) atoms. The predicted octanol–water partition coefficient (Wildman–Crippen LogP) is 4.64. The zero-order valence-corrected chi connectivity index (χ0v) is 19.0. The van der Waals surface area contributed by atoms with Crippen molar-refractivity contribution in [3.63, 3.8) is 0 Å². The first kappa shape index (κ1) is 22.9. The van der Waals surface area contributed by atoms with Gasteiger partial charge in [-0.1, -0.05) is 24.3 Å². The Morgan fingerprint density at radius 1 is 1.06 bits per heavy atom. The summed E-state index contributed by atoms with van der Waals surface area (Å²) >= 11 is 0. The molecule has 0 aliphatic rings. The minimum atomic E-state index is -0.401. The van der Waals surface area contributed by atoms with Crippen molar-refractivity contribution < 1.29 is 14.4 Å². The van der Waals surface area contributed by atoms with Crippen molar-refractivity contribution >= 4 is 11.5 Å². The molecule has 9 nitrogen and oxygen atoms in total. The molecule has 0 atom stereocenters. The molecule has 0 fully saturated rings. The van der Waals surface area contributed by atoms with Gasteiger partial charge in [0.1, 0.15) is 17.3 Å². The van der Waals surface area contributed by atoms with Crippen LogP contribution in [0.1, 0.15) is 5.56 Å². The fourth-order valence-corrected chi connectivity index (χ4v) is 3.59. The van der Waals surface area contributed by atoms with Crippen LogP contribution in [-0.4, -0.2) is 47.1 Å². The quantitative estimate of drug-likeness (QED) is 0.209. The third-order valence-electron chi connectivity index (χ3n) is 5.28. The lowest BCUT2D eigenvalue weighted by atomic mass is 10.0. The Kier molecular flexibility index (Phi) is 7.14. The van der Waals surface area contributed by atoms with Gasteiger partial charge in [0.2, 0.25) is 0 Å². The smallest absolute Gasteiger partial charge is 0.270 e. The van der Waals surface area contributed by atoms with Crippen molar-refractivity contribution in [2.45, 2.75) is 6.54 Å². The number of nitrogens with zero attached hydrogens (tertiary/aromatic N) is 4. The van der Waals surface area contributed by atoms with Gasteiger partial charge in [0.05, 0.1) is 25.2 Å². The average molecular weight is 460 g/mol. The fourth-order valence-electron chi connectivity index (χ4n) is 3.59. The number of methoxy groups -OCH3 is 2. The number of nitro benzene ring substituents is 1. The van der Waals surface area contributed by atoms with Crippen molar-refractivity contribution in [2.24, 2.45) is 0 Å². The molecule has 0 saturated heterocycles. The number of hydrogen-bond acceptors (Lipinski definition) is 7. The zero-order valence-electron chi connectivity index (χ0n) is 19.0. The third-order valence-corrected chi connectivity index (χ3v) is 5.28. The summed E-state index contributed by atoms with van der Waals surface area (Å²) in [4.78, 5) is 15.3. The second kappa shape index (κ2) is 10.6. The number of benzene rings is 2. The number of nitro groups is 1. The van der Waals surface area contributed by atoms with E-state index in [0.29, 0.717) is 36.8 Å². The van der Waals surface area contributed by atoms with Crippen LogP contribution in [0.5, 0.6) is 5.75 Å². The SMILES string of the molecule is COCCNc1cc(-c2cn(Cc3ccc(OC)cc3)nc2-c2cccc([N+](=O)[O-])c2)ccn1. The third kappa shape index (κ3) is 5.38. The Morgan fingerprint density at radius 2 is 1.88 bits per heavy atom. The van der Waals surface area contributed by atoms with Crippen LogP contribution in [0.4, 0.5) is 11.5 Å². The monoisotopic (exact) mass is 459 g/mol. The van der Waals surface area contributed by atoms with Crippen molar-refractivity contribution in [3.05, 3.63) is 88.7 Å². The molecule has 2 heterocycles. The highest BCUT2D eigenvalue weighted by Crippen LogP contribution is 2.33. The number of ether oxygens (including phenoxy) is 2. The van der Waals surface area contributed by atoms with Gasteiger partial charge in [-0.2, -0.15) is 5.10 Å². The highest BCUT2D eigenvalue weighted by Gasteiger charge is 2.17. The van der Waals surface area contributed by atoms with E-state index in [1.807, 2.05) is 53.3 Å². The van der Waals surface area contributed by atoms with Gasteiger partial charge in [-0.05, 0) is 35.4 Å². The Hall–Kier alpha value is -4.24. The van der Waals surface area contributed by atoms with Crippen LogP contribution in [0.2, 0.25) is 0 Å². The molecule has 1 N–H and O–H groups in total. The standard InChI is InChI=1S/C25H25N5O4/c1-33-13-12-27-24-15-19(10-11-26-24)23-17-29(16-18-6-8-22(34-2)9-7-18)28-25(23)20-4-3-5-21(14-20)30(31)32/h3-11,14-15,17H,12-13,16H2,1-2H3,(H,26,27). The number of pyridine rings is 1. The molecule has 9 heteroatoms. The van der Waals surface area contributed by atoms with Gasteiger partial charge < -0.3 is 14.8 Å². The highest BCUT2D eigenvalue weighted by atomic mass is 16.6. The maximum atomic E-state index is 11.4. The van der Waals surface area contributed by atoms with E-state index in [4.69, 9.17) is 14.6 Å². The Bertz CT molecular complexity index is 1270. The zero-order chi connectivity index (χ0) is 23.9. The van der Waals surface area contributed by atoms with Gasteiger partial charge in [0.15, 0.2) is 0 Å². The van der Waals surface area contributed by atoms with Crippen LogP contribution in [0, 0.1) is 10.1 Å². The van der Waals surface area contributed by atoms with Crippen LogP contribution < -0.4 is 10.1 Å². The molecule has 0 unspecified atom stereocenters. The van der Waals surface area contributed by atoms with E-state index in [0.717, 1.165) is 22.4 Å². The van der Waals surface area contributed by atoms with Crippen molar-refractivity contribution in [1.29, 1.82) is 0 Å². The molecule has 4 rings (SSSR count). The molecule has 174 valence electrons. The molecule has 0 aliphatic carbocycles. The summed E-state index contributed by atoms with van der Waals surface area (Å²) in [6.45, 7) is 1.72. The Morgan fingerprint density at radius 3 is 2.62 bits per heavy atom. The van der Waals surface area contributed by atoms with Crippen LogP contribution in [-0.2, 0) is 11.3 Å². The van der Waals surface area contributed by atoms with E-state index < -0.39 is 4.92 Å². The topological polar surface area (TPSA) is 104 Å². The number of anilines is 1. The van der Waals surface area contributed by atoms with E-state index in [9.17, 15) is 10.1 Å². The van der Waals surface area contributed by atoms with Crippen molar-refractivity contribution in [3.8, 4) is 28.1 Å². The van der Waals surface area contributed by atoms with Gasteiger partial charge in [-0.3, -0.25) is 14.8 Å². The van der Waals surface area contributed by atoms with Gasteiger partial charge in [-0.15, -0.1) is 0 Å². The maximum absolute atomic E-state index is 11.4. The normalized spacial score (nSPS) is 10.8. The number of non-ortho nitro benzene ring substituents is 1.